The lowest BCUT2D eigenvalue weighted by molar-refractivity contribution is 0.292. The van der Waals surface area contributed by atoms with Gasteiger partial charge in [0.15, 0.2) is 5.82 Å². The van der Waals surface area contributed by atoms with Crippen molar-refractivity contribution in [2.45, 2.75) is 57.7 Å². The fourth-order valence-corrected chi connectivity index (χ4v) is 6.53. The summed E-state index contributed by atoms with van der Waals surface area (Å²) < 4.78 is 48.3. The zero-order chi connectivity index (χ0) is 28.7. The number of phenols is 1. The number of phenolic OH excluding ortho intramolecular Hbond substituents is 1. The molecule has 4 aromatic rings. The van der Waals surface area contributed by atoms with Gasteiger partial charge in [0.05, 0.1) is 12.5 Å². The fourth-order valence-electron chi connectivity index (χ4n) is 6.53. The Morgan fingerprint density at radius 1 is 1.07 bits per heavy atom. The molecule has 41 heavy (non-hydrogen) atoms. The molecule has 5 heterocycles. The quantitative estimate of drug-likeness (QED) is 0.316. The molecule has 3 fully saturated rings. The van der Waals surface area contributed by atoms with E-state index in [4.69, 9.17) is 4.74 Å². The van der Waals surface area contributed by atoms with Crippen molar-refractivity contribution in [2.75, 3.05) is 38.2 Å². The van der Waals surface area contributed by atoms with E-state index in [1.54, 1.807) is 12.3 Å². The number of rotatable bonds is 4. The highest BCUT2D eigenvalue weighted by Crippen LogP contribution is 2.39. The third-order valence-electron chi connectivity index (χ3n) is 8.45. The van der Waals surface area contributed by atoms with Crippen molar-refractivity contribution < 1.29 is 23.0 Å². The van der Waals surface area contributed by atoms with Crippen LogP contribution in [0.5, 0.6) is 11.8 Å². The Hall–Kier alpha value is -3.66. The number of aromatic nitrogens is 3. The lowest BCUT2D eigenvalue weighted by atomic mass is 9.94. The highest BCUT2D eigenvalue weighted by atomic mass is 19.1. The number of pyridine rings is 1. The highest BCUT2D eigenvalue weighted by Gasteiger charge is 2.34. The van der Waals surface area contributed by atoms with Gasteiger partial charge in [-0.25, -0.2) is 13.2 Å². The van der Waals surface area contributed by atoms with Gasteiger partial charge in [-0.15, -0.1) is 0 Å². The summed E-state index contributed by atoms with van der Waals surface area (Å²) in [5, 5.41) is 11.9. The number of halogens is 3. The number of alkyl halides is 1. The third kappa shape index (κ3) is 5.14. The number of aromatic hydroxyl groups is 1. The highest BCUT2D eigenvalue weighted by molar-refractivity contribution is 6.01. The van der Waals surface area contributed by atoms with Crippen molar-refractivity contribution in [3.05, 3.63) is 47.7 Å². The van der Waals surface area contributed by atoms with Gasteiger partial charge >= 0.3 is 6.01 Å². The first-order valence-electron chi connectivity index (χ1n) is 14.4. The summed E-state index contributed by atoms with van der Waals surface area (Å²) in [4.78, 5) is 17.5. The van der Waals surface area contributed by atoms with Crippen LogP contribution in [0.4, 0.5) is 19.0 Å². The number of fused-ring (bicyclic) bond motifs is 3. The molecule has 0 amide bonds. The van der Waals surface area contributed by atoms with Crippen molar-refractivity contribution in [3.8, 4) is 23.0 Å². The standard InChI is InChI=1S/C24H22F2N4O2.C7H12FN/c1-3-15-18(25)7-6-13-10-14(31)11-16(19(13)15)21-20(26)22-17(12-27-21)23(29-24(28-22)32-2)30-8-4-5-9-30;8-6-4-7-2-1-3-9(7)5-6/h6-7,10-12,31H,3-5,8-9H2,1-2H3;6-7H,1-5H2/t;6-,7?/m.1/s1. The van der Waals surface area contributed by atoms with Gasteiger partial charge in [-0.1, -0.05) is 13.0 Å². The second kappa shape index (κ2) is 11.3. The molecule has 7 rings (SSSR count). The van der Waals surface area contributed by atoms with Crippen LogP contribution in [0.1, 0.15) is 44.6 Å². The van der Waals surface area contributed by atoms with Crippen molar-refractivity contribution in [1.82, 2.24) is 19.9 Å². The number of ether oxygens (including phenoxy) is 1. The summed E-state index contributed by atoms with van der Waals surface area (Å²) in [6, 6.07) is 6.56. The van der Waals surface area contributed by atoms with Crippen LogP contribution in [0.3, 0.4) is 0 Å². The maximum Gasteiger partial charge on any atom is 0.318 e. The van der Waals surface area contributed by atoms with E-state index >= 15 is 4.39 Å². The largest absolute Gasteiger partial charge is 0.508 e. The van der Waals surface area contributed by atoms with E-state index in [0.29, 0.717) is 52.1 Å². The zero-order valence-electron chi connectivity index (χ0n) is 23.3. The van der Waals surface area contributed by atoms with Gasteiger partial charge in [0, 0.05) is 37.4 Å². The molecule has 0 bridgehead atoms. The average Bonchev–Trinajstić information content (AvgIpc) is 3.72. The maximum absolute atomic E-state index is 15.9. The fraction of sp³-hybridized carbons (Fsp3) is 0.452. The lowest BCUT2D eigenvalue weighted by Crippen LogP contribution is -2.22. The van der Waals surface area contributed by atoms with Crippen molar-refractivity contribution in [3.63, 3.8) is 0 Å². The van der Waals surface area contributed by atoms with Crippen molar-refractivity contribution in [2.24, 2.45) is 0 Å². The molecule has 3 saturated heterocycles. The van der Waals surface area contributed by atoms with Crippen LogP contribution in [-0.2, 0) is 6.42 Å². The minimum Gasteiger partial charge on any atom is -0.508 e. The number of anilines is 1. The van der Waals surface area contributed by atoms with Crippen LogP contribution >= 0.6 is 0 Å². The number of hydrogen-bond acceptors (Lipinski definition) is 7. The number of nitrogens with zero attached hydrogens (tertiary/aromatic N) is 5. The number of aryl methyl sites for hydroxylation is 1. The Morgan fingerprint density at radius 2 is 1.88 bits per heavy atom. The predicted molar refractivity (Wildman–Crippen MR) is 153 cm³/mol. The maximum atomic E-state index is 15.9. The summed E-state index contributed by atoms with van der Waals surface area (Å²) >= 11 is 0. The molecule has 216 valence electrons. The minimum absolute atomic E-state index is 0.00757. The Labute approximate surface area is 237 Å². The van der Waals surface area contributed by atoms with Crippen molar-refractivity contribution >= 4 is 27.5 Å². The number of benzene rings is 2. The molecule has 2 atom stereocenters. The van der Waals surface area contributed by atoms with Crippen LogP contribution in [0.2, 0.25) is 0 Å². The molecule has 0 spiro atoms. The SMILES string of the molecule is CCc1c(F)ccc2cc(O)cc(-c3ncc4c(N5CCCC5)nc(OC)nc4c3F)c12.F[C@@H]1CC2CCCN2C1. The molecular formula is C31H34F3N5O2. The first kappa shape index (κ1) is 27.5. The van der Waals surface area contributed by atoms with Gasteiger partial charge in [0.25, 0.3) is 0 Å². The molecule has 3 aliphatic heterocycles. The molecule has 7 nitrogen and oxygen atoms in total. The van der Waals surface area contributed by atoms with Gasteiger partial charge < -0.3 is 14.7 Å². The topological polar surface area (TPSA) is 74.6 Å². The van der Waals surface area contributed by atoms with Gasteiger partial charge in [-0.05, 0) is 79.6 Å². The van der Waals surface area contributed by atoms with Crippen LogP contribution < -0.4 is 9.64 Å². The van der Waals surface area contributed by atoms with Gasteiger partial charge in [0.1, 0.15) is 34.8 Å². The van der Waals surface area contributed by atoms with E-state index in [-0.39, 0.29) is 28.8 Å². The van der Waals surface area contributed by atoms with E-state index in [0.717, 1.165) is 38.9 Å². The van der Waals surface area contributed by atoms with Gasteiger partial charge in [-0.3, -0.25) is 9.88 Å². The van der Waals surface area contributed by atoms with Crippen LogP contribution in [0, 0.1) is 11.6 Å². The molecule has 0 aliphatic carbocycles. The number of methoxy groups -OCH3 is 1. The summed E-state index contributed by atoms with van der Waals surface area (Å²) in [5.41, 5.74) is 0.828. The second-order valence-corrected chi connectivity index (χ2v) is 11.0. The van der Waals surface area contributed by atoms with Crippen LogP contribution in [0.25, 0.3) is 32.9 Å². The van der Waals surface area contributed by atoms with Gasteiger partial charge in [-0.2, -0.15) is 9.97 Å². The van der Waals surface area contributed by atoms with Crippen molar-refractivity contribution in [1.29, 1.82) is 0 Å². The summed E-state index contributed by atoms with van der Waals surface area (Å²) in [5.74, 6) is -0.515. The van der Waals surface area contributed by atoms with Gasteiger partial charge in [0.2, 0.25) is 0 Å². The predicted octanol–water partition coefficient (Wildman–Crippen LogP) is 6.19. The Balaban J connectivity index is 0.000000283. The second-order valence-electron chi connectivity index (χ2n) is 11.0. The zero-order valence-corrected chi connectivity index (χ0v) is 23.3. The third-order valence-corrected chi connectivity index (χ3v) is 8.45. The van der Waals surface area contributed by atoms with E-state index in [1.807, 2.05) is 6.92 Å². The Morgan fingerprint density at radius 3 is 2.61 bits per heavy atom. The molecule has 0 radical (unpaired) electrons. The summed E-state index contributed by atoms with van der Waals surface area (Å²) in [7, 11) is 1.44. The Bertz CT molecular complexity index is 1580. The van der Waals surface area contributed by atoms with E-state index in [9.17, 15) is 13.9 Å². The molecule has 1 N–H and O–H groups in total. The smallest absolute Gasteiger partial charge is 0.318 e. The van der Waals surface area contributed by atoms with E-state index in [2.05, 4.69) is 24.8 Å². The molecule has 0 saturated carbocycles. The number of hydrogen-bond donors (Lipinski definition) is 1. The molecule has 1 unspecified atom stereocenters. The molecule has 10 heteroatoms. The molecule has 2 aromatic carbocycles. The monoisotopic (exact) mass is 565 g/mol. The first-order valence-corrected chi connectivity index (χ1v) is 14.4. The summed E-state index contributed by atoms with van der Waals surface area (Å²) in [6.45, 7) is 5.32. The van der Waals surface area contributed by atoms with Crippen LogP contribution in [-0.4, -0.2) is 70.5 Å². The van der Waals surface area contributed by atoms with E-state index < -0.39 is 12.0 Å². The first-order chi connectivity index (χ1) is 19.9. The average molecular weight is 566 g/mol. The van der Waals surface area contributed by atoms with E-state index in [1.165, 1.54) is 38.2 Å². The lowest BCUT2D eigenvalue weighted by Gasteiger charge is -2.19. The minimum atomic E-state index is -0.665. The molecule has 2 aromatic heterocycles. The molecular weight excluding hydrogens is 531 g/mol. The summed E-state index contributed by atoms with van der Waals surface area (Å²) in [6.07, 6.45) is 6.82. The normalized spacial score (nSPS) is 20.5. The Kier molecular flexibility index (Phi) is 7.59. The molecule has 3 aliphatic rings. The van der Waals surface area contributed by atoms with Crippen LogP contribution in [0.15, 0.2) is 30.5 Å².